The molecule has 1 heterocycles. The molecule has 0 bridgehead atoms. The highest BCUT2D eigenvalue weighted by atomic mass is 35.5. The maximum atomic E-state index is 12.3. The number of hydrogen-bond donors (Lipinski definition) is 1. The topological polar surface area (TPSA) is 67.9 Å². The Morgan fingerprint density at radius 1 is 1.18 bits per heavy atom. The summed E-state index contributed by atoms with van der Waals surface area (Å²) >= 11 is 6.40. The summed E-state index contributed by atoms with van der Waals surface area (Å²) in [7, 11) is 0. The standard InChI is InChI=1S/C21H23ClN2O4/c22-18-7-3-2-6-17(18)19(24-9-11-27-12-10-24)13-23-21(26)15-28-20-8-4-1-5-16(20)14-25/h1-8,14,19H,9-13,15H2,(H,23,26). The van der Waals surface area contributed by atoms with E-state index in [0.29, 0.717) is 42.4 Å². The number of nitrogens with zero attached hydrogens (tertiary/aromatic N) is 1. The van der Waals surface area contributed by atoms with Crippen molar-refractivity contribution >= 4 is 23.8 Å². The molecule has 1 atom stereocenters. The van der Waals surface area contributed by atoms with Crippen LogP contribution in [0, 0.1) is 0 Å². The van der Waals surface area contributed by atoms with E-state index in [1.54, 1.807) is 24.3 Å². The summed E-state index contributed by atoms with van der Waals surface area (Å²) in [5.74, 6) is 0.134. The van der Waals surface area contributed by atoms with Crippen LogP contribution in [-0.2, 0) is 9.53 Å². The predicted octanol–water partition coefficient (Wildman–Crippen LogP) is 2.72. The quantitative estimate of drug-likeness (QED) is 0.687. The lowest BCUT2D eigenvalue weighted by molar-refractivity contribution is -0.123. The van der Waals surface area contributed by atoms with E-state index in [4.69, 9.17) is 21.1 Å². The van der Waals surface area contributed by atoms with Crippen LogP contribution in [0.5, 0.6) is 5.75 Å². The first-order valence-corrected chi connectivity index (χ1v) is 9.56. The second kappa shape index (κ2) is 10.2. The largest absolute Gasteiger partial charge is 0.483 e. The van der Waals surface area contributed by atoms with Gasteiger partial charge in [0.15, 0.2) is 12.9 Å². The van der Waals surface area contributed by atoms with Crippen molar-refractivity contribution in [1.29, 1.82) is 0 Å². The average molecular weight is 403 g/mol. The summed E-state index contributed by atoms with van der Waals surface area (Å²) < 4.78 is 10.9. The van der Waals surface area contributed by atoms with E-state index < -0.39 is 0 Å². The molecule has 3 rings (SSSR count). The van der Waals surface area contributed by atoms with Gasteiger partial charge in [0.2, 0.25) is 0 Å². The molecule has 1 saturated heterocycles. The van der Waals surface area contributed by atoms with Gasteiger partial charge in [-0.1, -0.05) is 41.9 Å². The zero-order chi connectivity index (χ0) is 19.8. The number of morpholine rings is 1. The van der Waals surface area contributed by atoms with Crippen LogP contribution in [0.2, 0.25) is 5.02 Å². The van der Waals surface area contributed by atoms with Crippen molar-refractivity contribution in [3.63, 3.8) is 0 Å². The van der Waals surface area contributed by atoms with E-state index in [9.17, 15) is 9.59 Å². The minimum absolute atomic E-state index is 0.0520. The molecule has 28 heavy (non-hydrogen) atoms. The van der Waals surface area contributed by atoms with Crippen molar-refractivity contribution in [2.24, 2.45) is 0 Å². The number of benzene rings is 2. The smallest absolute Gasteiger partial charge is 0.258 e. The zero-order valence-corrected chi connectivity index (χ0v) is 16.2. The SMILES string of the molecule is O=Cc1ccccc1OCC(=O)NCC(c1ccccc1Cl)N1CCOCC1. The van der Waals surface area contributed by atoms with E-state index >= 15 is 0 Å². The molecule has 1 fully saturated rings. The predicted molar refractivity (Wildman–Crippen MR) is 107 cm³/mol. The molecule has 0 radical (unpaired) electrons. The fourth-order valence-electron chi connectivity index (χ4n) is 3.18. The van der Waals surface area contributed by atoms with Crippen molar-refractivity contribution < 1.29 is 19.1 Å². The second-order valence-electron chi connectivity index (χ2n) is 6.43. The first kappa shape index (κ1) is 20.3. The van der Waals surface area contributed by atoms with Crippen molar-refractivity contribution in [2.45, 2.75) is 6.04 Å². The Morgan fingerprint density at radius 2 is 1.89 bits per heavy atom. The third kappa shape index (κ3) is 5.32. The molecule has 0 saturated carbocycles. The number of hydrogen-bond acceptors (Lipinski definition) is 5. The van der Waals surface area contributed by atoms with Crippen molar-refractivity contribution in [3.8, 4) is 5.75 Å². The highest BCUT2D eigenvalue weighted by Gasteiger charge is 2.24. The number of halogens is 1. The Kier molecular flexibility index (Phi) is 7.42. The average Bonchev–Trinajstić information content (AvgIpc) is 2.74. The molecule has 2 aromatic carbocycles. The maximum absolute atomic E-state index is 12.3. The minimum Gasteiger partial charge on any atom is -0.483 e. The third-order valence-electron chi connectivity index (χ3n) is 4.65. The molecule has 2 aromatic rings. The summed E-state index contributed by atoms with van der Waals surface area (Å²) in [5.41, 5.74) is 1.39. The van der Waals surface area contributed by atoms with E-state index in [-0.39, 0.29) is 18.6 Å². The molecule has 6 nitrogen and oxygen atoms in total. The number of para-hydroxylation sites is 1. The Hall–Kier alpha value is -2.41. The van der Waals surface area contributed by atoms with E-state index in [1.807, 2.05) is 24.3 Å². The molecule has 0 aliphatic carbocycles. The Morgan fingerprint density at radius 3 is 2.64 bits per heavy atom. The molecule has 1 amide bonds. The van der Waals surface area contributed by atoms with Crippen LogP contribution in [0.1, 0.15) is 22.0 Å². The van der Waals surface area contributed by atoms with Crippen molar-refractivity contribution in [1.82, 2.24) is 10.2 Å². The van der Waals surface area contributed by atoms with Gasteiger partial charge >= 0.3 is 0 Å². The van der Waals surface area contributed by atoms with Crippen LogP contribution in [0.15, 0.2) is 48.5 Å². The van der Waals surface area contributed by atoms with Crippen LogP contribution in [0.3, 0.4) is 0 Å². The monoisotopic (exact) mass is 402 g/mol. The van der Waals surface area contributed by atoms with Gasteiger partial charge in [-0.25, -0.2) is 0 Å². The van der Waals surface area contributed by atoms with Crippen LogP contribution >= 0.6 is 11.6 Å². The fourth-order valence-corrected chi connectivity index (χ4v) is 3.45. The number of carbonyl (C=O) groups is 2. The van der Waals surface area contributed by atoms with Gasteiger partial charge in [0.1, 0.15) is 5.75 Å². The molecular formula is C21H23ClN2O4. The number of ether oxygens (including phenoxy) is 2. The summed E-state index contributed by atoms with van der Waals surface area (Å²) in [6, 6.07) is 14.4. The first-order chi connectivity index (χ1) is 13.7. The lowest BCUT2D eigenvalue weighted by Gasteiger charge is -2.35. The summed E-state index contributed by atoms with van der Waals surface area (Å²) in [6.45, 7) is 3.09. The normalized spacial score (nSPS) is 15.6. The van der Waals surface area contributed by atoms with E-state index in [2.05, 4.69) is 10.2 Å². The fraction of sp³-hybridized carbons (Fsp3) is 0.333. The number of aldehydes is 1. The van der Waals surface area contributed by atoms with Gasteiger partial charge in [-0.2, -0.15) is 0 Å². The van der Waals surface area contributed by atoms with Crippen LogP contribution in [0.25, 0.3) is 0 Å². The molecule has 1 N–H and O–H groups in total. The Labute approximate surface area is 169 Å². The first-order valence-electron chi connectivity index (χ1n) is 9.19. The van der Waals surface area contributed by atoms with Crippen LogP contribution < -0.4 is 10.1 Å². The molecule has 1 unspecified atom stereocenters. The van der Waals surface area contributed by atoms with Gasteiger partial charge in [-0.05, 0) is 23.8 Å². The Bertz CT molecular complexity index is 808. The lowest BCUT2D eigenvalue weighted by atomic mass is 10.0. The summed E-state index contributed by atoms with van der Waals surface area (Å²) in [4.78, 5) is 25.6. The number of carbonyl (C=O) groups excluding carboxylic acids is 2. The van der Waals surface area contributed by atoms with Crippen molar-refractivity contribution in [2.75, 3.05) is 39.5 Å². The molecule has 148 valence electrons. The van der Waals surface area contributed by atoms with Gasteiger partial charge in [0, 0.05) is 24.7 Å². The number of rotatable bonds is 8. The Balaban J connectivity index is 1.62. The zero-order valence-electron chi connectivity index (χ0n) is 15.5. The summed E-state index contributed by atoms with van der Waals surface area (Å²) in [5, 5.41) is 3.59. The van der Waals surface area contributed by atoms with Gasteiger partial charge in [0.05, 0.1) is 24.8 Å². The molecule has 0 spiro atoms. The molecule has 1 aliphatic rings. The van der Waals surface area contributed by atoms with Crippen molar-refractivity contribution in [3.05, 3.63) is 64.7 Å². The molecular weight excluding hydrogens is 380 g/mol. The van der Waals surface area contributed by atoms with Gasteiger partial charge in [0.25, 0.3) is 5.91 Å². The van der Waals surface area contributed by atoms with Gasteiger partial charge in [-0.15, -0.1) is 0 Å². The van der Waals surface area contributed by atoms with Gasteiger partial charge < -0.3 is 14.8 Å². The highest BCUT2D eigenvalue weighted by Crippen LogP contribution is 2.27. The lowest BCUT2D eigenvalue weighted by Crippen LogP contribution is -2.44. The molecule has 7 heteroatoms. The molecule has 0 aromatic heterocycles. The van der Waals surface area contributed by atoms with Gasteiger partial charge in [-0.3, -0.25) is 14.5 Å². The third-order valence-corrected chi connectivity index (χ3v) is 4.99. The maximum Gasteiger partial charge on any atom is 0.258 e. The van der Waals surface area contributed by atoms with E-state index in [0.717, 1.165) is 18.7 Å². The van der Waals surface area contributed by atoms with Crippen LogP contribution in [-0.4, -0.2) is 56.5 Å². The second-order valence-corrected chi connectivity index (χ2v) is 6.84. The number of amides is 1. The minimum atomic E-state index is -0.258. The van der Waals surface area contributed by atoms with Crippen LogP contribution in [0.4, 0.5) is 0 Å². The van der Waals surface area contributed by atoms with E-state index in [1.165, 1.54) is 0 Å². The molecule has 1 aliphatic heterocycles. The highest BCUT2D eigenvalue weighted by molar-refractivity contribution is 6.31. The number of nitrogens with one attached hydrogen (secondary N) is 1. The summed E-state index contributed by atoms with van der Waals surface area (Å²) in [6.07, 6.45) is 0.707.